The SMILES string of the molecule is Cc1ccc(OCC(=O)NNC(=O)c2ccc(CSc3ccc(Cl)cc3)cc2)cc1C. The average Bonchev–Trinajstić information content (AvgIpc) is 2.78. The van der Waals surface area contributed by atoms with E-state index < -0.39 is 11.8 Å². The predicted molar refractivity (Wildman–Crippen MR) is 124 cm³/mol. The number of halogens is 1. The highest BCUT2D eigenvalue weighted by Gasteiger charge is 2.09. The molecule has 5 nitrogen and oxygen atoms in total. The number of benzene rings is 3. The van der Waals surface area contributed by atoms with Crippen LogP contribution in [0.2, 0.25) is 5.02 Å². The Morgan fingerprint density at radius 3 is 2.29 bits per heavy atom. The second-order valence-corrected chi connectivity index (χ2v) is 8.46. The minimum atomic E-state index is -0.442. The van der Waals surface area contributed by atoms with E-state index in [2.05, 4.69) is 10.9 Å². The number of carbonyl (C=O) groups excluding carboxylic acids is 2. The Kier molecular flexibility index (Phi) is 7.98. The van der Waals surface area contributed by atoms with Crippen LogP contribution in [-0.4, -0.2) is 18.4 Å². The highest BCUT2D eigenvalue weighted by atomic mass is 35.5. The molecule has 3 aromatic carbocycles. The van der Waals surface area contributed by atoms with Crippen LogP contribution in [-0.2, 0) is 10.5 Å². The fraction of sp³-hybridized carbons (Fsp3) is 0.167. The number of hydrogen-bond donors (Lipinski definition) is 2. The summed E-state index contributed by atoms with van der Waals surface area (Å²) >= 11 is 7.58. The first-order chi connectivity index (χ1) is 14.9. The molecule has 0 aliphatic carbocycles. The van der Waals surface area contributed by atoms with Gasteiger partial charge in [-0.05, 0) is 79.1 Å². The number of hydrogen-bond acceptors (Lipinski definition) is 4. The van der Waals surface area contributed by atoms with Gasteiger partial charge in [-0.15, -0.1) is 11.8 Å². The van der Waals surface area contributed by atoms with E-state index in [-0.39, 0.29) is 6.61 Å². The molecule has 0 heterocycles. The van der Waals surface area contributed by atoms with Gasteiger partial charge in [0.25, 0.3) is 11.8 Å². The summed E-state index contributed by atoms with van der Waals surface area (Å²) in [5.74, 6) is 0.548. The minimum Gasteiger partial charge on any atom is -0.484 e. The Labute approximate surface area is 191 Å². The first-order valence-electron chi connectivity index (χ1n) is 9.67. The van der Waals surface area contributed by atoms with Crippen molar-refractivity contribution in [2.45, 2.75) is 24.5 Å². The van der Waals surface area contributed by atoms with Gasteiger partial charge < -0.3 is 4.74 Å². The third-order valence-electron chi connectivity index (χ3n) is 4.60. The lowest BCUT2D eigenvalue weighted by atomic mass is 10.1. The predicted octanol–water partition coefficient (Wildman–Crippen LogP) is 5.09. The van der Waals surface area contributed by atoms with E-state index in [1.165, 1.54) is 0 Å². The van der Waals surface area contributed by atoms with Crippen molar-refractivity contribution in [1.29, 1.82) is 0 Å². The van der Waals surface area contributed by atoms with E-state index in [0.29, 0.717) is 16.3 Å². The molecule has 7 heteroatoms. The second-order valence-electron chi connectivity index (χ2n) is 6.98. The first-order valence-corrected chi connectivity index (χ1v) is 11.0. The number of hydrazine groups is 1. The van der Waals surface area contributed by atoms with Gasteiger partial charge in [0, 0.05) is 21.2 Å². The van der Waals surface area contributed by atoms with E-state index in [4.69, 9.17) is 16.3 Å². The third kappa shape index (κ3) is 7.05. The van der Waals surface area contributed by atoms with E-state index in [0.717, 1.165) is 27.3 Å². The zero-order valence-electron chi connectivity index (χ0n) is 17.3. The maximum Gasteiger partial charge on any atom is 0.276 e. The van der Waals surface area contributed by atoms with E-state index in [1.54, 1.807) is 30.0 Å². The van der Waals surface area contributed by atoms with Crippen molar-refractivity contribution < 1.29 is 14.3 Å². The van der Waals surface area contributed by atoms with Crippen LogP contribution in [0.1, 0.15) is 27.0 Å². The van der Waals surface area contributed by atoms with Crippen molar-refractivity contribution in [3.05, 3.63) is 94.0 Å². The van der Waals surface area contributed by atoms with Gasteiger partial charge in [-0.25, -0.2) is 0 Å². The molecule has 0 aliphatic rings. The van der Waals surface area contributed by atoms with Crippen molar-refractivity contribution >= 4 is 35.2 Å². The molecule has 0 spiro atoms. The molecular formula is C24H23ClN2O3S. The molecule has 2 amide bonds. The zero-order chi connectivity index (χ0) is 22.2. The summed E-state index contributed by atoms with van der Waals surface area (Å²) in [4.78, 5) is 25.3. The molecule has 160 valence electrons. The molecule has 0 saturated carbocycles. The maximum atomic E-state index is 12.2. The lowest BCUT2D eigenvalue weighted by Gasteiger charge is -2.10. The number of thioether (sulfide) groups is 1. The van der Waals surface area contributed by atoms with Crippen LogP contribution in [0.4, 0.5) is 0 Å². The molecule has 3 aromatic rings. The fourth-order valence-corrected chi connectivity index (χ4v) is 3.62. The molecule has 3 rings (SSSR count). The van der Waals surface area contributed by atoms with E-state index in [1.807, 2.05) is 62.4 Å². The number of ether oxygens (including phenoxy) is 1. The van der Waals surface area contributed by atoms with Crippen LogP contribution in [0.25, 0.3) is 0 Å². The van der Waals surface area contributed by atoms with Crippen molar-refractivity contribution in [3.63, 3.8) is 0 Å². The lowest BCUT2D eigenvalue weighted by Crippen LogP contribution is -2.43. The van der Waals surface area contributed by atoms with Crippen LogP contribution in [0, 0.1) is 13.8 Å². The fourth-order valence-electron chi connectivity index (χ4n) is 2.64. The quantitative estimate of drug-likeness (QED) is 0.385. The van der Waals surface area contributed by atoms with Gasteiger partial charge in [0.05, 0.1) is 0 Å². The molecule has 0 aliphatic heterocycles. The Hall–Kier alpha value is -2.96. The van der Waals surface area contributed by atoms with Crippen LogP contribution in [0.3, 0.4) is 0 Å². The van der Waals surface area contributed by atoms with Gasteiger partial charge in [0.15, 0.2) is 6.61 Å². The summed E-state index contributed by atoms with van der Waals surface area (Å²) in [6, 6.07) is 20.5. The summed E-state index contributed by atoms with van der Waals surface area (Å²) in [6.07, 6.45) is 0. The normalized spacial score (nSPS) is 10.4. The summed E-state index contributed by atoms with van der Waals surface area (Å²) in [7, 11) is 0. The highest BCUT2D eigenvalue weighted by Crippen LogP contribution is 2.24. The monoisotopic (exact) mass is 454 g/mol. The summed E-state index contributed by atoms with van der Waals surface area (Å²) < 4.78 is 5.45. The molecule has 0 atom stereocenters. The van der Waals surface area contributed by atoms with Gasteiger partial charge in [-0.2, -0.15) is 0 Å². The minimum absolute atomic E-state index is 0.191. The van der Waals surface area contributed by atoms with Crippen molar-refractivity contribution in [2.24, 2.45) is 0 Å². The second kappa shape index (κ2) is 10.9. The topological polar surface area (TPSA) is 67.4 Å². The summed E-state index contributed by atoms with van der Waals surface area (Å²) in [5.41, 5.74) is 8.54. The third-order valence-corrected chi connectivity index (χ3v) is 5.93. The van der Waals surface area contributed by atoms with Gasteiger partial charge in [-0.1, -0.05) is 29.8 Å². The number of amides is 2. The Balaban J connectivity index is 1.42. The molecule has 0 unspecified atom stereocenters. The Bertz CT molecular complexity index is 1050. The lowest BCUT2D eigenvalue weighted by molar-refractivity contribution is -0.123. The van der Waals surface area contributed by atoms with Crippen LogP contribution >= 0.6 is 23.4 Å². The number of aryl methyl sites for hydroxylation is 2. The Morgan fingerprint density at radius 1 is 0.903 bits per heavy atom. The number of rotatable bonds is 7. The van der Waals surface area contributed by atoms with Crippen LogP contribution in [0.15, 0.2) is 71.6 Å². The van der Waals surface area contributed by atoms with E-state index in [9.17, 15) is 9.59 Å². The van der Waals surface area contributed by atoms with Crippen molar-refractivity contribution in [3.8, 4) is 5.75 Å². The van der Waals surface area contributed by atoms with E-state index >= 15 is 0 Å². The number of nitrogens with one attached hydrogen (secondary N) is 2. The molecule has 31 heavy (non-hydrogen) atoms. The average molecular weight is 455 g/mol. The molecule has 0 aromatic heterocycles. The van der Waals surface area contributed by atoms with Gasteiger partial charge in [0.2, 0.25) is 0 Å². The Morgan fingerprint density at radius 2 is 1.61 bits per heavy atom. The molecule has 0 saturated heterocycles. The largest absolute Gasteiger partial charge is 0.484 e. The molecule has 0 fully saturated rings. The van der Waals surface area contributed by atoms with Gasteiger partial charge >= 0.3 is 0 Å². The van der Waals surface area contributed by atoms with Crippen molar-refractivity contribution in [2.75, 3.05) is 6.61 Å². The number of carbonyl (C=O) groups is 2. The molecule has 0 bridgehead atoms. The van der Waals surface area contributed by atoms with Gasteiger partial charge in [0.1, 0.15) is 5.75 Å². The molecule has 0 radical (unpaired) electrons. The first kappa shape index (κ1) is 22.7. The zero-order valence-corrected chi connectivity index (χ0v) is 18.8. The molecular weight excluding hydrogens is 432 g/mol. The van der Waals surface area contributed by atoms with Crippen LogP contribution in [0.5, 0.6) is 5.75 Å². The molecule has 2 N–H and O–H groups in total. The van der Waals surface area contributed by atoms with Gasteiger partial charge in [-0.3, -0.25) is 20.4 Å². The standard InChI is InChI=1S/C24H23ClN2O3S/c1-16-3-10-21(13-17(16)2)30-14-23(28)26-27-24(29)19-6-4-18(5-7-19)15-31-22-11-8-20(25)9-12-22/h3-13H,14-15H2,1-2H3,(H,26,28)(H,27,29). The maximum absolute atomic E-state index is 12.2. The smallest absolute Gasteiger partial charge is 0.276 e. The summed E-state index contributed by atoms with van der Waals surface area (Å²) in [5, 5.41) is 0.712. The highest BCUT2D eigenvalue weighted by molar-refractivity contribution is 7.98. The van der Waals surface area contributed by atoms with Crippen molar-refractivity contribution in [1.82, 2.24) is 10.9 Å². The summed E-state index contributed by atoms with van der Waals surface area (Å²) in [6.45, 7) is 3.79. The van der Waals surface area contributed by atoms with Crippen LogP contribution < -0.4 is 15.6 Å².